The third-order valence-electron chi connectivity index (χ3n) is 1.94. The van der Waals surface area contributed by atoms with Crippen molar-refractivity contribution in [1.29, 1.82) is 0 Å². The van der Waals surface area contributed by atoms with Crippen molar-refractivity contribution >= 4 is 5.91 Å². The maximum absolute atomic E-state index is 11.8. The number of carbonyl (C=O) groups is 1. The number of aromatic nitrogens is 1. The first-order chi connectivity index (χ1) is 8.29. The molecular weight excluding hydrogens is 218 g/mol. The molecule has 0 spiro atoms. The van der Waals surface area contributed by atoms with Crippen LogP contribution in [0.15, 0.2) is 18.3 Å². The van der Waals surface area contributed by atoms with E-state index in [1.165, 1.54) is 0 Å². The highest BCUT2D eigenvalue weighted by Crippen LogP contribution is 2.03. The van der Waals surface area contributed by atoms with Gasteiger partial charge in [-0.15, -0.1) is 0 Å². The van der Waals surface area contributed by atoms with E-state index in [1.54, 1.807) is 25.4 Å². The number of nitrogens with zero attached hydrogens (tertiary/aromatic N) is 1. The molecular formula is C12H15N3O2. The van der Waals surface area contributed by atoms with E-state index in [2.05, 4.69) is 22.1 Å². The summed E-state index contributed by atoms with van der Waals surface area (Å²) >= 11 is 0. The molecule has 0 aromatic carbocycles. The zero-order valence-corrected chi connectivity index (χ0v) is 9.69. The number of pyridine rings is 1. The standard InChI is InChI=1S/C12H15N3O2/c1-17-9-8-15-12(16)11-10(4-2-6-13)5-3-7-14-11/h3,5,7H,6,8-9,13H2,1H3,(H,15,16). The number of amides is 1. The minimum atomic E-state index is -0.260. The molecule has 0 aliphatic heterocycles. The molecule has 1 aromatic rings. The summed E-state index contributed by atoms with van der Waals surface area (Å²) in [4.78, 5) is 15.8. The Morgan fingerprint density at radius 3 is 3.18 bits per heavy atom. The number of nitrogens with one attached hydrogen (secondary N) is 1. The van der Waals surface area contributed by atoms with Crippen LogP contribution in [0.5, 0.6) is 0 Å². The van der Waals surface area contributed by atoms with Gasteiger partial charge in [0.1, 0.15) is 5.69 Å². The van der Waals surface area contributed by atoms with Gasteiger partial charge in [0.2, 0.25) is 0 Å². The topological polar surface area (TPSA) is 77.2 Å². The molecule has 1 heterocycles. The maximum atomic E-state index is 11.8. The molecule has 3 N–H and O–H groups in total. The minimum Gasteiger partial charge on any atom is -0.383 e. The highest BCUT2D eigenvalue weighted by Gasteiger charge is 2.10. The lowest BCUT2D eigenvalue weighted by molar-refractivity contribution is 0.0932. The zero-order chi connectivity index (χ0) is 12.5. The SMILES string of the molecule is COCCNC(=O)c1ncccc1C#CCN. The smallest absolute Gasteiger partial charge is 0.271 e. The number of hydrogen-bond acceptors (Lipinski definition) is 4. The number of ether oxygens (including phenoxy) is 1. The lowest BCUT2D eigenvalue weighted by Crippen LogP contribution is -2.28. The molecule has 90 valence electrons. The Morgan fingerprint density at radius 2 is 2.47 bits per heavy atom. The molecule has 17 heavy (non-hydrogen) atoms. The Morgan fingerprint density at radius 1 is 1.65 bits per heavy atom. The van der Waals surface area contributed by atoms with Crippen molar-refractivity contribution in [2.45, 2.75) is 0 Å². The van der Waals surface area contributed by atoms with Crippen molar-refractivity contribution in [3.63, 3.8) is 0 Å². The van der Waals surface area contributed by atoms with E-state index in [0.29, 0.717) is 24.4 Å². The highest BCUT2D eigenvalue weighted by molar-refractivity contribution is 5.94. The Hall–Kier alpha value is -1.90. The van der Waals surface area contributed by atoms with Crippen LogP contribution >= 0.6 is 0 Å². The number of methoxy groups -OCH3 is 1. The summed E-state index contributed by atoms with van der Waals surface area (Å²) in [6.45, 7) is 1.15. The molecule has 1 amide bonds. The molecule has 0 radical (unpaired) electrons. The van der Waals surface area contributed by atoms with Gasteiger partial charge in [0.25, 0.3) is 5.91 Å². The fraction of sp³-hybridized carbons (Fsp3) is 0.333. The van der Waals surface area contributed by atoms with E-state index in [-0.39, 0.29) is 12.5 Å². The summed E-state index contributed by atoms with van der Waals surface area (Å²) in [5.74, 6) is 5.25. The van der Waals surface area contributed by atoms with Crippen LogP contribution in [-0.4, -0.2) is 37.7 Å². The van der Waals surface area contributed by atoms with E-state index >= 15 is 0 Å². The number of rotatable bonds is 4. The average Bonchev–Trinajstić information content (AvgIpc) is 2.37. The second-order valence-corrected chi connectivity index (χ2v) is 3.15. The van der Waals surface area contributed by atoms with E-state index in [4.69, 9.17) is 10.5 Å². The average molecular weight is 233 g/mol. The Bertz CT molecular complexity index is 435. The van der Waals surface area contributed by atoms with Crippen molar-refractivity contribution in [3.05, 3.63) is 29.6 Å². The summed E-state index contributed by atoms with van der Waals surface area (Å²) in [6, 6.07) is 3.47. The largest absolute Gasteiger partial charge is 0.383 e. The van der Waals surface area contributed by atoms with Crippen LogP contribution in [-0.2, 0) is 4.74 Å². The molecule has 0 aliphatic rings. The van der Waals surface area contributed by atoms with Crippen LogP contribution in [0.2, 0.25) is 0 Å². The van der Waals surface area contributed by atoms with Crippen LogP contribution in [0.1, 0.15) is 16.1 Å². The molecule has 1 aromatic heterocycles. The van der Waals surface area contributed by atoms with Crippen molar-refractivity contribution in [1.82, 2.24) is 10.3 Å². The van der Waals surface area contributed by atoms with Crippen LogP contribution in [0, 0.1) is 11.8 Å². The van der Waals surface area contributed by atoms with Gasteiger partial charge in [-0.05, 0) is 12.1 Å². The fourth-order valence-corrected chi connectivity index (χ4v) is 1.18. The summed E-state index contributed by atoms with van der Waals surface area (Å²) in [5, 5.41) is 2.69. The Balaban J connectivity index is 2.78. The van der Waals surface area contributed by atoms with E-state index in [1.807, 2.05) is 0 Å². The summed E-state index contributed by atoms with van der Waals surface area (Å²) < 4.78 is 4.84. The molecule has 1 rings (SSSR count). The third-order valence-corrected chi connectivity index (χ3v) is 1.94. The van der Waals surface area contributed by atoms with E-state index in [9.17, 15) is 4.79 Å². The van der Waals surface area contributed by atoms with Gasteiger partial charge in [-0.3, -0.25) is 4.79 Å². The summed E-state index contributed by atoms with van der Waals surface area (Å²) in [7, 11) is 1.57. The lowest BCUT2D eigenvalue weighted by Gasteiger charge is -2.05. The lowest BCUT2D eigenvalue weighted by atomic mass is 10.2. The number of carbonyl (C=O) groups excluding carboxylic acids is 1. The molecule has 0 saturated carbocycles. The number of nitrogens with two attached hydrogens (primary N) is 1. The monoisotopic (exact) mass is 233 g/mol. The first-order valence-corrected chi connectivity index (χ1v) is 5.20. The molecule has 0 bridgehead atoms. The summed E-state index contributed by atoms with van der Waals surface area (Å²) in [6.07, 6.45) is 1.55. The third kappa shape index (κ3) is 4.23. The second-order valence-electron chi connectivity index (χ2n) is 3.15. The van der Waals surface area contributed by atoms with Gasteiger partial charge in [-0.1, -0.05) is 11.8 Å². The first kappa shape index (κ1) is 13.2. The van der Waals surface area contributed by atoms with Crippen LogP contribution in [0.4, 0.5) is 0 Å². The molecule has 5 heteroatoms. The van der Waals surface area contributed by atoms with Crippen LogP contribution in [0.25, 0.3) is 0 Å². The van der Waals surface area contributed by atoms with Crippen molar-refractivity contribution in [3.8, 4) is 11.8 Å². The molecule has 0 aliphatic carbocycles. The normalized spacial score (nSPS) is 9.29. The van der Waals surface area contributed by atoms with Gasteiger partial charge in [0, 0.05) is 19.9 Å². The minimum absolute atomic E-state index is 0.250. The Kier molecular flexibility index (Phi) is 5.72. The van der Waals surface area contributed by atoms with Gasteiger partial charge in [-0.25, -0.2) is 4.98 Å². The Labute approximate surface area is 100 Å². The van der Waals surface area contributed by atoms with Gasteiger partial charge in [-0.2, -0.15) is 0 Å². The molecule has 0 fully saturated rings. The molecule has 5 nitrogen and oxygen atoms in total. The first-order valence-electron chi connectivity index (χ1n) is 5.20. The van der Waals surface area contributed by atoms with Crippen molar-refractivity contribution in [2.75, 3.05) is 26.8 Å². The van der Waals surface area contributed by atoms with Crippen LogP contribution in [0.3, 0.4) is 0 Å². The predicted octanol–water partition coefficient (Wildman–Crippen LogP) is -0.232. The van der Waals surface area contributed by atoms with Gasteiger partial charge in [0.15, 0.2) is 0 Å². The molecule has 0 saturated heterocycles. The zero-order valence-electron chi connectivity index (χ0n) is 9.69. The van der Waals surface area contributed by atoms with Gasteiger partial charge >= 0.3 is 0 Å². The quantitative estimate of drug-likeness (QED) is 0.556. The van der Waals surface area contributed by atoms with Crippen molar-refractivity contribution < 1.29 is 9.53 Å². The van der Waals surface area contributed by atoms with E-state index < -0.39 is 0 Å². The molecule has 0 atom stereocenters. The molecule has 0 unspecified atom stereocenters. The van der Waals surface area contributed by atoms with Crippen molar-refractivity contribution in [2.24, 2.45) is 5.73 Å². The van der Waals surface area contributed by atoms with E-state index in [0.717, 1.165) is 0 Å². The van der Waals surface area contributed by atoms with Gasteiger partial charge in [0.05, 0.1) is 18.7 Å². The second kappa shape index (κ2) is 7.39. The van der Waals surface area contributed by atoms with Gasteiger partial charge < -0.3 is 15.8 Å². The highest BCUT2D eigenvalue weighted by atomic mass is 16.5. The van der Waals surface area contributed by atoms with Crippen LogP contribution < -0.4 is 11.1 Å². The predicted molar refractivity (Wildman–Crippen MR) is 64.4 cm³/mol. The maximum Gasteiger partial charge on any atom is 0.271 e. The fourth-order valence-electron chi connectivity index (χ4n) is 1.18. The number of hydrogen-bond donors (Lipinski definition) is 2. The summed E-state index contributed by atoms with van der Waals surface area (Å²) in [5.41, 5.74) is 6.18.